The summed E-state index contributed by atoms with van der Waals surface area (Å²) in [6.07, 6.45) is 0. The van der Waals surface area contributed by atoms with Crippen LogP contribution < -0.4 is 5.73 Å². The van der Waals surface area contributed by atoms with Crippen LogP contribution in [0.1, 0.15) is 5.56 Å². The molecule has 6 nitrogen and oxygen atoms in total. The molecule has 0 aliphatic rings. The van der Waals surface area contributed by atoms with Gasteiger partial charge in [-0.2, -0.15) is 0 Å². The van der Waals surface area contributed by atoms with Crippen LogP contribution in [-0.2, 0) is 17.5 Å². The van der Waals surface area contributed by atoms with E-state index >= 15 is 0 Å². The molecule has 8 heteroatoms. The Hall–Kier alpha value is -1.80. The van der Waals surface area contributed by atoms with Crippen molar-refractivity contribution in [2.24, 2.45) is 5.73 Å². The van der Waals surface area contributed by atoms with Crippen LogP contribution in [0, 0.1) is 10.1 Å². The van der Waals surface area contributed by atoms with Crippen molar-refractivity contribution in [1.29, 1.82) is 0 Å². The second-order valence-electron chi connectivity index (χ2n) is 4.62. The Morgan fingerprint density at radius 1 is 1.22 bits per heavy atom. The number of nitrogens with zero attached hydrogens (tertiary/aromatic N) is 2. The molecular formula is C15H18ClN3O3S. The molecule has 0 saturated carbocycles. The molecule has 2 rings (SSSR count). The van der Waals surface area contributed by atoms with Gasteiger partial charge in [0.05, 0.1) is 4.92 Å². The molecule has 0 aliphatic carbocycles. The van der Waals surface area contributed by atoms with E-state index in [4.69, 9.17) is 17.3 Å². The SMILES string of the molecule is CN(C)S(=O)c1ccccc1[N+](=O)[O-].NCc1cccc(Cl)c1. The van der Waals surface area contributed by atoms with Gasteiger partial charge in [0.1, 0.15) is 15.9 Å². The lowest BCUT2D eigenvalue weighted by Gasteiger charge is -2.08. The summed E-state index contributed by atoms with van der Waals surface area (Å²) in [7, 11) is 1.73. The number of hydrogen-bond acceptors (Lipinski definition) is 4. The Kier molecular flexibility index (Phi) is 7.84. The fourth-order valence-electron chi connectivity index (χ4n) is 1.62. The average Bonchev–Trinajstić information content (AvgIpc) is 2.54. The van der Waals surface area contributed by atoms with Gasteiger partial charge in [0, 0.05) is 17.6 Å². The fraction of sp³-hybridized carbons (Fsp3) is 0.200. The minimum atomic E-state index is -1.48. The fourth-order valence-corrected chi connectivity index (χ4v) is 2.74. The monoisotopic (exact) mass is 355 g/mol. The molecule has 0 amide bonds. The van der Waals surface area contributed by atoms with Crippen LogP contribution in [0.15, 0.2) is 53.4 Å². The molecule has 0 saturated heterocycles. The summed E-state index contributed by atoms with van der Waals surface area (Å²) < 4.78 is 13.0. The number of nitro benzene ring substituents is 1. The first-order valence-electron chi connectivity index (χ1n) is 6.64. The van der Waals surface area contributed by atoms with E-state index in [-0.39, 0.29) is 10.6 Å². The van der Waals surface area contributed by atoms with Crippen molar-refractivity contribution >= 4 is 28.3 Å². The van der Waals surface area contributed by atoms with E-state index in [1.54, 1.807) is 26.2 Å². The number of nitrogens with two attached hydrogens (primary N) is 1. The summed E-state index contributed by atoms with van der Waals surface area (Å²) in [5, 5.41) is 11.3. The van der Waals surface area contributed by atoms with Crippen molar-refractivity contribution in [3.8, 4) is 0 Å². The first-order chi connectivity index (χ1) is 10.9. The lowest BCUT2D eigenvalue weighted by Crippen LogP contribution is -2.16. The summed E-state index contributed by atoms with van der Waals surface area (Å²) in [6.45, 7) is 0.556. The minimum absolute atomic E-state index is 0.112. The van der Waals surface area contributed by atoms with Gasteiger partial charge in [-0.1, -0.05) is 35.9 Å². The Morgan fingerprint density at radius 3 is 2.35 bits per heavy atom. The summed E-state index contributed by atoms with van der Waals surface area (Å²) in [4.78, 5) is 10.3. The van der Waals surface area contributed by atoms with Crippen molar-refractivity contribution in [1.82, 2.24) is 4.31 Å². The topological polar surface area (TPSA) is 89.5 Å². The molecular weight excluding hydrogens is 338 g/mol. The molecule has 0 aromatic heterocycles. The normalized spacial score (nSPS) is 11.5. The standard InChI is InChI=1S/C8H10N2O3S.C7H8ClN/c1-9(2)14(13)8-6-4-3-5-7(8)10(11)12;8-7-3-1-2-6(4-7)5-9/h3-6H,1-2H3;1-4H,5,9H2. The highest BCUT2D eigenvalue weighted by Gasteiger charge is 2.19. The molecule has 124 valence electrons. The van der Waals surface area contributed by atoms with Crippen LogP contribution >= 0.6 is 11.6 Å². The minimum Gasteiger partial charge on any atom is -0.326 e. The molecule has 2 aromatic carbocycles. The van der Waals surface area contributed by atoms with Crippen molar-refractivity contribution < 1.29 is 9.13 Å². The molecule has 1 unspecified atom stereocenters. The first kappa shape index (κ1) is 19.2. The van der Waals surface area contributed by atoms with E-state index in [0.29, 0.717) is 6.54 Å². The van der Waals surface area contributed by atoms with E-state index in [1.165, 1.54) is 16.4 Å². The summed E-state index contributed by atoms with van der Waals surface area (Å²) in [5.41, 5.74) is 6.32. The summed E-state index contributed by atoms with van der Waals surface area (Å²) in [6, 6.07) is 13.6. The molecule has 0 fully saturated rings. The zero-order valence-electron chi connectivity index (χ0n) is 12.8. The van der Waals surface area contributed by atoms with Crippen LogP contribution in [0.2, 0.25) is 5.02 Å². The van der Waals surface area contributed by atoms with Crippen LogP contribution in [0.25, 0.3) is 0 Å². The summed E-state index contributed by atoms with van der Waals surface area (Å²) >= 11 is 5.67. The maximum Gasteiger partial charge on any atom is 0.286 e. The van der Waals surface area contributed by atoms with E-state index in [1.807, 2.05) is 24.3 Å². The van der Waals surface area contributed by atoms with Gasteiger partial charge in [0.2, 0.25) is 0 Å². The average molecular weight is 356 g/mol. The highest BCUT2D eigenvalue weighted by atomic mass is 35.5. The zero-order chi connectivity index (χ0) is 17.4. The van der Waals surface area contributed by atoms with Crippen LogP contribution in [0.4, 0.5) is 5.69 Å². The van der Waals surface area contributed by atoms with Gasteiger partial charge in [-0.25, -0.2) is 8.51 Å². The molecule has 0 heterocycles. The third-order valence-electron chi connectivity index (χ3n) is 2.71. The van der Waals surface area contributed by atoms with Crippen molar-refractivity contribution in [2.75, 3.05) is 14.1 Å². The molecule has 0 aliphatic heterocycles. The van der Waals surface area contributed by atoms with E-state index in [0.717, 1.165) is 10.6 Å². The maximum atomic E-state index is 11.6. The second-order valence-corrected chi connectivity index (χ2v) is 6.73. The quantitative estimate of drug-likeness (QED) is 0.674. The smallest absolute Gasteiger partial charge is 0.286 e. The molecule has 2 N–H and O–H groups in total. The van der Waals surface area contributed by atoms with Crippen molar-refractivity contribution in [3.63, 3.8) is 0 Å². The number of benzene rings is 2. The van der Waals surface area contributed by atoms with Gasteiger partial charge in [-0.3, -0.25) is 10.1 Å². The molecule has 1 atom stereocenters. The predicted octanol–water partition coefficient (Wildman–Crippen LogP) is 2.98. The molecule has 2 aromatic rings. The number of nitro groups is 1. The Bertz CT molecular complexity index is 695. The largest absolute Gasteiger partial charge is 0.326 e. The number of rotatable bonds is 4. The van der Waals surface area contributed by atoms with Gasteiger partial charge < -0.3 is 5.73 Å². The maximum absolute atomic E-state index is 11.6. The summed E-state index contributed by atoms with van der Waals surface area (Å²) in [5.74, 6) is 0. The second kappa shape index (κ2) is 9.36. The molecule has 0 radical (unpaired) electrons. The van der Waals surface area contributed by atoms with Gasteiger partial charge in [-0.05, 0) is 37.9 Å². The van der Waals surface area contributed by atoms with Gasteiger partial charge >= 0.3 is 0 Å². The van der Waals surface area contributed by atoms with Gasteiger partial charge in [-0.15, -0.1) is 0 Å². The third kappa shape index (κ3) is 6.07. The van der Waals surface area contributed by atoms with Crippen molar-refractivity contribution in [2.45, 2.75) is 11.4 Å². The highest BCUT2D eigenvalue weighted by Crippen LogP contribution is 2.21. The number of para-hydroxylation sites is 1. The first-order valence-corrected chi connectivity index (χ1v) is 8.12. The third-order valence-corrected chi connectivity index (χ3v) is 4.33. The Morgan fingerprint density at radius 2 is 1.87 bits per heavy atom. The molecule has 23 heavy (non-hydrogen) atoms. The zero-order valence-corrected chi connectivity index (χ0v) is 14.4. The lowest BCUT2D eigenvalue weighted by atomic mass is 10.2. The highest BCUT2D eigenvalue weighted by molar-refractivity contribution is 7.82. The van der Waals surface area contributed by atoms with Crippen LogP contribution in [0.3, 0.4) is 0 Å². The van der Waals surface area contributed by atoms with E-state index in [9.17, 15) is 14.3 Å². The number of halogens is 1. The van der Waals surface area contributed by atoms with Crippen molar-refractivity contribution in [3.05, 3.63) is 69.2 Å². The lowest BCUT2D eigenvalue weighted by molar-refractivity contribution is -0.387. The van der Waals surface area contributed by atoms with E-state index in [2.05, 4.69) is 0 Å². The predicted molar refractivity (Wildman–Crippen MR) is 92.5 cm³/mol. The molecule has 0 bridgehead atoms. The Balaban J connectivity index is 0.000000253. The number of hydrogen-bond donors (Lipinski definition) is 1. The Labute approximate surface area is 142 Å². The van der Waals surface area contributed by atoms with E-state index < -0.39 is 15.9 Å². The van der Waals surface area contributed by atoms with Gasteiger partial charge in [0.25, 0.3) is 5.69 Å². The van der Waals surface area contributed by atoms with Crippen LogP contribution in [0.5, 0.6) is 0 Å². The van der Waals surface area contributed by atoms with Gasteiger partial charge in [0.15, 0.2) is 0 Å². The van der Waals surface area contributed by atoms with Crippen LogP contribution in [-0.4, -0.2) is 27.5 Å². The molecule has 0 spiro atoms.